The first-order valence-corrected chi connectivity index (χ1v) is 8.35. The van der Waals surface area contributed by atoms with Crippen molar-refractivity contribution in [1.82, 2.24) is 10.3 Å². The fraction of sp³-hybridized carbons (Fsp3) is 0.353. The van der Waals surface area contributed by atoms with E-state index in [-0.39, 0.29) is 12.0 Å². The van der Waals surface area contributed by atoms with E-state index in [0.717, 1.165) is 10.7 Å². The summed E-state index contributed by atoms with van der Waals surface area (Å²) in [4.78, 5) is 28.2. The van der Waals surface area contributed by atoms with Gasteiger partial charge in [0, 0.05) is 16.5 Å². The fourth-order valence-electron chi connectivity index (χ4n) is 1.85. The van der Waals surface area contributed by atoms with Crippen molar-refractivity contribution in [2.24, 2.45) is 0 Å². The van der Waals surface area contributed by atoms with Crippen molar-refractivity contribution in [2.75, 3.05) is 12.4 Å². The smallest absolute Gasteiger partial charge is 0.313 e. The summed E-state index contributed by atoms with van der Waals surface area (Å²) >= 11 is 1.55. The molecule has 0 saturated heterocycles. The largest absolute Gasteiger partial charge is 0.497 e. The number of nitrogens with one attached hydrogen (secondary N) is 2. The molecule has 0 aliphatic rings. The number of hydrogen-bond acceptors (Lipinski definition) is 5. The van der Waals surface area contributed by atoms with Crippen molar-refractivity contribution < 1.29 is 14.3 Å². The zero-order valence-electron chi connectivity index (χ0n) is 14.2. The van der Waals surface area contributed by atoms with Crippen molar-refractivity contribution in [2.45, 2.75) is 32.7 Å². The highest BCUT2D eigenvalue weighted by Gasteiger charge is 2.19. The number of rotatable bonds is 4. The lowest BCUT2D eigenvalue weighted by Gasteiger charge is -2.13. The maximum absolute atomic E-state index is 11.9. The molecule has 0 bridgehead atoms. The van der Waals surface area contributed by atoms with Crippen molar-refractivity contribution >= 4 is 28.8 Å². The van der Waals surface area contributed by atoms with Gasteiger partial charge in [-0.15, -0.1) is 11.3 Å². The Morgan fingerprint density at radius 3 is 2.38 bits per heavy atom. The summed E-state index contributed by atoms with van der Waals surface area (Å²) in [7, 11) is 1.56. The van der Waals surface area contributed by atoms with E-state index in [1.165, 1.54) is 0 Å². The van der Waals surface area contributed by atoms with Gasteiger partial charge < -0.3 is 15.4 Å². The van der Waals surface area contributed by atoms with E-state index in [4.69, 9.17) is 4.74 Å². The number of amides is 2. The number of nitrogens with zero attached hydrogens (tertiary/aromatic N) is 1. The van der Waals surface area contributed by atoms with Gasteiger partial charge >= 0.3 is 11.8 Å². The van der Waals surface area contributed by atoms with Gasteiger partial charge in [-0.05, 0) is 24.3 Å². The Morgan fingerprint density at radius 1 is 1.17 bits per heavy atom. The summed E-state index contributed by atoms with van der Waals surface area (Å²) in [6.45, 7) is 6.46. The number of aromatic nitrogens is 1. The minimum atomic E-state index is -0.716. The highest BCUT2D eigenvalue weighted by atomic mass is 32.1. The number of hydrogen-bond donors (Lipinski definition) is 2. The van der Waals surface area contributed by atoms with Gasteiger partial charge in [-0.3, -0.25) is 9.59 Å². The summed E-state index contributed by atoms with van der Waals surface area (Å²) in [5.41, 5.74) is 1.24. The third-order valence-electron chi connectivity index (χ3n) is 3.18. The SMILES string of the molecule is COc1ccc(NC(=O)C(=O)NCc2csc(C(C)(C)C)n2)cc1. The molecule has 0 spiro atoms. The maximum Gasteiger partial charge on any atom is 0.313 e. The Kier molecular flexibility index (Phi) is 5.56. The molecule has 1 aromatic carbocycles. The van der Waals surface area contributed by atoms with Crippen LogP contribution in [0.2, 0.25) is 0 Å². The Balaban J connectivity index is 1.87. The number of anilines is 1. The highest BCUT2D eigenvalue weighted by Crippen LogP contribution is 2.25. The molecule has 0 fully saturated rings. The number of carbonyl (C=O) groups is 2. The first-order chi connectivity index (χ1) is 11.3. The molecule has 128 valence electrons. The molecule has 2 rings (SSSR count). The molecule has 1 aromatic heterocycles. The van der Waals surface area contributed by atoms with Crippen LogP contribution >= 0.6 is 11.3 Å². The second-order valence-corrected chi connectivity index (χ2v) is 7.12. The molecule has 0 aliphatic heterocycles. The van der Waals surface area contributed by atoms with E-state index in [1.54, 1.807) is 42.7 Å². The lowest BCUT2D eigenvalue weighted by molar-refractivity contribution is -0.136. The molecule has 1 heterocycles. The average molecular weight is 347 g/mol. The number of ether oxygens (including phenoxy) is 1. The van der Waals surface area contributed by atoms with Crippen LogP contribution in [0.4, 0.5) is 5.69 Å². The maximum atomic E-state index is 11.9. The van der Waals surface area contributed by atoms with Crippen LogP contribution in [-0.2, 0) is 21.5 Å². The number of methoxy groups -OCH3 is 1. The van der Waals surface area contributed by atoms with Gasteiger partial charge in [0.25, 0.3) is 0 Å². The molecule has 2 aromatic rings. The molecule has 6 nitrogen and oxygen atoms in total. The van der Waals surface area contributed by atoms with Crippen molar-refractivity contribution in [3.63, 3.8) is 0 Å². The molecule has 2 amide bonds. The minimum absolute atomic E-state index is 0.0291. The third kappa shape index (κ3) is 4.79. The standard InChI is InChI=1S/C17H21N3O3S/c1-17(2,3)16-20-12(10-24-16)9-18-14(21)15(22)19-11-5-7-13(23-4)8-6-11/h5-8,10H,9H2,1-4H3,(H,18,21)(H,19,22). The van der Waals surface area contributed by atoms with Gasteiger partial charge in [-0.1, -0.05) is 20.8 Å². The Bertz CT molecular complexity index is 717. The first kappa shape index (κ1) is 17.9. The Morgan fingerprint density at radius 2 is 1.83 bits per heavy atom. The predicted octanol–water partition coefficient (Wildman–Crippen LogP) is 2.70. The lowest BCUT2D eigenvalue weighted by Crippen LogP contribution is -2.35. The number of benzene rings is 1. The van der Waals surface area contributed by atoms with Crippen LogP contribution in [0.25, 0.3) is 0 Å². The normalized spacial score (nSPS) is 11.0. The van der Waals surface area contributed by atoms with E-state index in [1.807, 2.05) is 5.38 Å². The van der Waals surface area contributed by atoms with Crippen molar-refractivity contribution in [1.29, 1.82) is 0 Å². The predicted molar refractivity (Wildman–Crippen MR) is 94.3 cm³/mol. The summed E-state index contributed by atoms with van der Waals surface area (Å²) in [6.07, 6.45) is 0. The van der Waals surface area contributed by atoms with E-state index in [9.17, 15) is 9.59 Å². The molecule has 2 N–H and O–H groups in total. The molecular formula is C17H21N3O3S. The quantitative estimate of drug-likeness (QED) is 0.834. The molecule has 0 aliphatic carbocycles. The van der Waals surface area contributed by atoms with E-state index >= 15 is 0 Å². The van der Waals surface area contributed by atoms with E-state index < -0.39 is 11.8 Å². The fourth-order valence-corrected chi connectivity index (χ4v) is 2.75. The Hall–Kier alpha value is -2.41. The van der Waals surface area contributed by atoms with E-state index in [0.29, 0.717) is 11.4 Å². The van der Waals surface area contributed by atoms with Gasteiger partial charge in [0.1, 0.15) is 5.75 Å². The van der Waals surface area contributed by atoms with Crippen LogP contribution in [-0.4, -0.2) is 23.9 Å². The van der Waals surface area contributed by atoms with E-state index in [2.05, 4.69) is 36.4 Å². The zero-order valence-corrected chi connectivity index (χ0v) is 15.0. The second kappa shape index (κ2) is 7.44. The molecule has 0 atom stereocenters. The lowest BCUT2D eigenvalue weighted by atomic mass is 9.98. The van der Waals surface area contributed by atoms with Crippen LogP contribution in [0.3, 0.4) is 0 Å². The van der Waals surface area contributed by atoms with Gasteiger partial charge in [-0.25, -0.2) is 4.98 Å². The Labute approximate surface area is 145 Å². The zero-order chi connectivity index (χ0) is 17.7. The van der Waals surface area contributed by atoms with Gasteiger partial charge in [0.05, 0.1) is 24.4 Å². The molecule has 24 heavy (non-hydrogen) atoms. The molecule has 7 heteroatoms. The molecule has 0 unspecified atom stereocenters. The van der Waals surface area contributed by atoms with Crippen molar-refractivity contribution in [3.05, 3.63) is 40.3 Å². The van der Waals surface area contributed by atoms with Crippen LogP contribution in [0, 0.1) is 0 Å². The summed E-state index contributed by atoms with van der Waals surface area (Å²) < 4.78 is 5.04. The molecular weight excluding hydrogens is 326 g/mol. The third-order valence-corrected chi connectivity index (χ3v) is 4.49. The van der Waals surface area contributed by atoms with Crippen LogP contribution in [0.5, 0.6) is 5.75 Å². The monoisotopic (exact) mass is 347 g/mol. The van der Waals surface area contributed by atoms with Crippen LogP contribution in [0.1, 0.15) is 31.5 Å². The van der Waals surface area contributed by atoms with Gasteiger partial charge in [0.15, 0.2) is 0 Å². The summed E-state index contributed by atoms with van der Waals surface area (Å²) in [5, 5.41) is 8.00. The number of thiazole rings is 1. The molecule has 0 radical (unpaired) electrons. The van der Waals surface area contributed by atoms with Crippen molar-refractivity contribution in [3.8, 4) is 5.75 Å². The summed E-state index contributed by atoms with van der Waals surface area (Å²) in [6, 6.07) is 6.74. The van der Waals surface area contributed by atoms with Gasteiger partial charge in [0.2, 0.25) is 0 Å². The average Bonchev–Trinajstić information content (AvgIpc) is 3.02. The second-order valence-electron chi connectivity index (χ2n) is 6.26. The molecule has 0 saturated carbocycles. The minimum Gasteiger partial charge on any atom is -0.497 e. The first-order valence-electron chi connectivity index (χ1n) is 7.47. The van der Waals surface area contributed by atoms with Crippen LogP contribution in [0.15, 0.2) is 29.6 Å². The number of carbonyl (C=O) groups excluding carboxylic acids is 2. The summed E-state index contributed by atoms with van der Waals surface area (Å²) in [5.74, 6) is -0.738. The topological polar surface area (TPSA) is 80.3 Å². The van der Waals surface area contributed by atoms with Gasteiger partial charge in [-0.2, -0.15) is 0 Å². The highest BCUT2D eigenvalue weighted by molar-refractivity contribution is 7.09. The van der Waals surface area contributed by atoms with Crippen LogP contribution < -0.4 is 15.4 Å².